The van der Waals surface area contributed by atoms with Crippen LogP contribution in [0.15, 0.2) is 18.2 Å². The molecule has 1 aromatic rings. The minimum atomic E-state index is -3.44. The highest BCUT2D eigenvalue weighted by molar-refractivity contribution is 7.90. The molecular formula is C12H16FNO4S. The van der Waals surface area contributed by atoms with Gasteiger partial charge in [-0.2, -0.15) is 0 Å². The summed E-state index contributed by atoms with van der Waals surface area (Å²) in [4.78, 5) is 10.9. The number of carbonyl (C=O) groups excluding carboxylic acids is 1. The van der Waals surface area contributed by atoms with Gasteiger partial charge in [-0.1, -0.05) is 12.1 Å². The minimum Gasteiger partial charge on any atom is -0.469 e. The fourth-order valence-corrected chi connectivity index (χ4v) is 2.85. The molecule has 0 radical (unpaired) electrons. The summed E-state index contributed by atoms with van der Waals surface area (Å²) >= 11 is 0. The van der Waals surface area contributed by atoms with Crippen molar-refractivity contribution in [3.63, 3.8) is 0 Å². The van der Waals surface area contributed by atoms with Crippen LogP contribution < -0.4 is 5.73 Å². The molecule has 0 saturated heterocycles. The van der Waals surface area contributed by atoms with Gasteiger partial charge in [0.2, 0.25) is 0 Å². The SMILES string of the molecule is COC(=O)CCS(=O)(=O)Cc1ccc(F)c(CN)c1. The molecule has 0 fully saturated rings. The predicted octanol–water partition coefficient (Wildman–Crippen LogP) is 0.762. The molecule has 0 saturated carbocycles. The van der Waals surface area contributed by atoms with Gasteiger partial charge in [-0.3, -0.25) is 4.79 Å². The van der Waals surface area contributed by atoms with Crippen molar-refractivity contribution in [1.29, 1.82) is 0 Å². The van der Waals surface area contributed by atoms with E-state index in [9.17, 15) is 17.6 Å². The van der Waals surface area contributed by atoms with Crippen LogP contribution in [-0.4, -0.2) is 27.2 Å². The molecule has 1 rings (SSSR count). The maximum atomic E-state index is 13.2. The predicted molar refractivity (Wildman–Crippen MR) is 68.4 cm³/mol. The van der Waals surface area contributed by atoms with E-state index >= 15 is 0 Å². The summed E-state index contributed by atoms with van der Waals surface area (Å²) in [6, 6.07) is 4.00. The van der Waals surface area contributed by atoms with E-state index in [-0.39, 0.29) is 30.0 Å². The first kappa shape index (κ1) is 15.6. The maximum absolute atomic E-state index is 13.2. The number of ether oxygens (including phenoxy) is 1. The Balaban J connectivity index is 2.75. The number of benzene rings is 1. The molecule has 0 aliphatic carbocycles. The van der Waals surface area contributed by atoms with Crippen molar-refractivity contribution >= 4 is 15.8 Å². The van der Waals surface area contributed by atoms with E-state index in [1.54, 1.807) is 0 Å². The molecule has 0 aliphatic rings. The van der Waals surface area contributed by atoms with Crippen LogP contribution in [0.3, 0.4) is 0 Å². The van der Waals surface area contributed by atoms with Crippen molar-refractivity contribution in [2.45, 2.75) is 18.7 Å². The van der Waals surface area contributed by atoms with Crippen molar-refractivity contribution in [2.75, 3.05) is 12.9 Å². The Morgan fingerprint density at radius 1 is 1.42 bits per heavy atom. The van der Waals surface area contributed by atoms with Crippen LogP contribution >= 0.6 is 0 Å². The van der Waals surface area contributed by atoms with Gasteiger partial charge in [-0.15, -0.1) is 0 Å². The standard InChI is InChI=1S/C12H16FNO4S/c1-18-12(15)4-5-19(16,17)8-9-2-3-11(13)10(6-9)7-14/h2-3,6H,4-5,7-8,14H2,1H3. The largest absolute Gasteiger partial charge is 0.469 e. The number of halogens is 1. The molecule has 0 heterocycles. The molecular weight excluding hydrogens is 273 g/mol. The molecule has 19 heavy (non-hydrogen) atoms. The molecule has 1 aromatic carbocycles. The van der Waals surface area contributed by atoms with Crippen molar-refractivity contribution in [1.82, 2.24) is 0 Å². The topological polar surface area (TPSA) is 86.5 Å². The number of methoxy groups -OCH3 is 1. The monoisotopic (exact) mass is 289 g/mol. The molecule has 5 nitrogen and oxygen atoms in total. The zero-order valence-electron chi connectivity index (χ0n) is 10.6. The van der Waals surface area contributed by atoms with Crippen LogP contribution in [0.25, 0.3) is 0 Å². The third-order valence-electron chi connectivity index (χ3n) is 2.56. The third kappa shape index (κ3) is 4.96. The molecule has 0 spiro atoms. The first-order valence-electron chi connectivity index (χ1n) is 5.62. The first-order chi connectivity index (χ1) is 8.88. The Hall–Kier alpha value is -1.47. The van der Waals surface area contributed by atoms with E-state index in [0.717, 1.165) is 0 Å². The molecule has 0 amide bonds. The number of carbonyl (C=O) groups is 1. The van der Waals surface area contributed by atoms with Crippen molar-refractivity contribution in [3.8, 4) is 0 Å². The van der Waals surface area contributed by atoms with Crippen LogP contribution in [0.4, 0.5) is 4.39 Å². The van der Waals surface area contributed by atoms with Gasteiger partial charge in [0, 0.05) is 12.1 Å². The molecule has 106 valence electrons. The minimum absolute atomic E-state index is 0.00187. The molecule has 0 atom stereocenters. The summed E-state index contributed by atoms with van der Waals surface area (Å²) < 4.78 is 41.1. The normalized spacial score (nSPS) is 11.3. The summed E-state index contributed by atoms with van der Waals surface area (Å²) in [5, 5.41) is 0. The summed E-state index contributed by atoms with van der Waals surface area (Å²) in [7, 11) is -2.24. The number of esters is 1. The Morgan fingerprint density at radius 2 is 2.11 bits per heavy atom. The van der Waals surface area contributed by atoms with Crippen LogP contribution in [0.5, 0.6) is 0 Å². The van der Waals surface area contributed by atoms with E-state index in [0.29, 0.717) is 5.56 Å². The van der Waals surface area contributed by atoms with E-state index in [1.807, 2.05) is 0 Å². The summed E-state index contributed by atoms with van der Waals surface area (Å²) in [6.07, 6.45) is -0.191. The average molecular weight is 289 g/mol. The van der Waals surface area contributed by atoms with E-state index < -0.39 is 21.6 Å². The van der Waals surface area contributed by atoms with Gasteiger partial charge in [0.1, 0.15) is 5.82 Å². The quantitative estimate of drug-likeness (QED) is 0.781. The van der Waals surface area contributed by atoms with Gasteiger partial charge in [-0.25, -0.2) is 12.8 Å². The summed E-state index contributed by atoms with van der Waals surface area (Å²) in [5.41, 5.74) is 6.06. The average Bonchev–Trinajstić information content (AvgIpc) is 2.38. The van der Waals surface area contributed by atoms with Gasteiger partial charge in [0.25, 0.3) is 0 Å². The van der Waals surface area contributed by atoms with Gasteiger partial charge in [-0.05, 0) is 11.6 Å². The lowest BCUT2D eigenvalue weighted by Crippen LogP contribution is -2.14. The van der Waals surface area contributed by atoms with E-state index in [1.165, 1.54) is 25.3 Å². The zero-order valence-corrected chi connectivity index (χ0v) is 11.4. The van der Waals surface area contributed by atoms with Crippen molar-refractivity contribution in [2.24, 2.45) is 5.73 Å². The second-order valence-corrected chi connectivity index (χ2v) is 6.23. The number of hydrogen-bond donors (Lipinski definition) is 1. The Bertz CT molecular complexity index is 557. The Morgan fingerprint density at radius 3 is 2.68 bits per heavy atom. The van der Waals surface area contributed by atoms with Gasteiger partial charge >= 0.3 is 5.97 Å². The van der Waals surface area contributed by atoms with Gasteiger partial charge in [0.15, 0.2) is 9.84 Å². The molecule has 7 heteroatoms. The Kier molecular flexibility index (Phi) is 5.44. The fraction of sp³-hybridized carbons (Fsp3) is 0.417. The maximum Gasteiger partial charge on any atom is 0.306 e. The third-order valence-corrected chi connectivity index (χ3v) is 4.16. The molecule has 0 aliphatic heterocycles. The van der Waals surface area contributed by atoms with Crippen molar-refractivity contribution < 1.29 is 22.3 Å². The zero-order chi connectivity index (χ0) is 14.5. The number of hydrogen-bond acceptors (Lipinski definition) is 5. The first-order valence-corrected chi connectivity index (χ1v) is 7.44. The van der Waals surface area contributed by atoms with Crippen molar-refractivity contribution in [3.05, 3.63) is 35.1 Å². The lowest BCUT2D eigenvalue weighted by Gasteiger charge is -2.06. The number of nitrogens with two attached hydrogens (primary N) is 1. The molecule has 0 unspecified atom stereocenters. The summed E-state index contributed by atoms with van der Waals surface area (Å²) in [5.74, 6) is -1.59. The molecule has 0 aromatic heterocycles. The van der Waals surface area contributed by atoms with Crippen LogP contribution in [0.2, 0.25) is 0 Å². The number of rotatable bonds is 6. The van der Waals surface area contributed by atoms with Crippen LogP contribution in [-0.2, 0) is 31.7 Å². The van der Waals surface area contributed by atoms with Gasteiger partial charge in [0.05, 0.1) is 25.0 Å². The highest BCUT2D eigenvalue weighted by Gasteiger charge is 2.15. The lowest BCUT2D eigenvalue weighted by atomic mass is 10.1. The molecule has 2 N–H and O–H groups in total. The second-order valence-electron chi connectivity index (χ2n) is 4.05. The molecule has 0 bridgehead atoms. The highest BCUT2D eigenvalue weighted by atomic mass is 32.2. The lowest BCUT2D eigenvalue weighted by molar-refractivity contribution is -0.140. The smallest absolute Gasteiger partial charge is 0.306 e. The van der Waals surface area contributed by atoms with E-state index in [2.05, 4.69) is 4.74 Å². The summed E-state index contributed by atoms with van der Waals surface area (Å²) in [6.45, 7) is 0.00187. The Labute approximate surface area is 111 Å². The van der Waals surface area contributed by atoms with E-state index in [4.69, 9.17) is 5.73 Å². The van der Waals surface area contributed by atoms with Gasteiger partial charge < -0.3 is 10.5 Å². The number of sulfone groups is 1. The van der Waals surface area contributed by atoms with Crippen LogP contribution in [0, 0.1) is 5.82 Å². The fourth-order valence-electron chi connectivity index (χ4n) is 1.54. The second kappa shape index (κ2) is 6.63. The highest BCUT2D eigenvalue weighted by Crippen LogP contribution is 2.13. The van der Waals surface area contributed by atoms with Crippen LogP contribution in [0.1, 0.15) is 17.5 Å².